The zero-order chi connectivity index (χ0) is 7.28. The van der Waals surface area contributed by atoms with Crippen LogP contribution in [-0.2, 0) is 4.74 Å². The largest absolute Gasteiger partial charge is 0.452 e. The van der Waals surface area contributed by atoms with Crippen LogP contribution in [0.25, 0.3) is 0 Å². The molecule has 0 aromatic heterocycles. The Hall–Kier alpha value is -0.530. The Morgan fingerprint density at radius 3 is 1.89 bits per heavy atom. The van der Waals surface area contributed by atoms with Crippen molar-refractivity contribution >= 4 is 5.90 Å². The van der Waals surface area contributed by atoms with Crippen LogP contribution in [0.1, 0.15) is 20.8 Å². The first-order valence-electron chi connectivity index (χ1n) is 3.38. The van der Waals surface area contributed by atoms with E-state index in [4.69, 9.17) is 4.74 Å². The van der Waals surface area contributed by atoms with Gasteiger partial charge in [-0.15, -0.1) is 0 Å². The van der Waals surface area contributed by atoms with Gasteiger partial charge in [-0.05, 0) is 13.8 Å². The lowest BCUT2D eigenvalue weighted by Crippen LogP contribution is -2.19. The summed E-state index contributed by atoms with van der Waals surface area (Å²) in [5.41, 5.74) is 0. The van der Waals surface area contributed by atoms with Crippen molar-refractivity contribution in [3.05, 3.63) is 0 Å². The average Bonchev–Trinajstić information content (AvgIpc) is 1.90. The lowest BCUT2D eigenvalue weighted by Gasteiger charge is -1.99. The van der Waals surface area contributed by atoms with Gasteiger partial charge in [0, 0.05) is 0 Å². The molecule has 0 aliphatic rings. The van der Waals surface area contributed by atoms with Crippen molar-refractivity contribution < 1.29 is 9.31 Å². The third-order valence-corrected chi connectivity index (χ3v) is 1.50. The van der Waals surface area contributed by atoms with Crippen molar-refractivity contribution in [1.82, 2.24) is 0 Å². The maximum Gasteiger partial charge on any atom is 0.332 e. The van der Waals surface area contributed by atoms with Gasteiger partial charge in [0.2, 0.25) is 0 Å². The molecule has 0 atom stereocenters. The van der Waals surface area contributed by atoms with Gasteiger partial charge in [-0.3, -0.25) is 0 Å². The second kappa shape index (κ2) is 4.36. The average molecular weight is 130 g/mol. The lowest BCUT2D eigenvalue weighted by molar-refractivity contribution is -0.529. The molecule has 0 amide bonds. The number of hydrogen-bond donors (Lipinski definition) is 0. The number of hydrogen-bond acceptors (Lipinski definition) is 1. The van der Waals surface area contributed by atoms with Gasteiger partial charge in [-0.1, -0.05) is 0 Å². The summed E-state index contributed by atoms with van der Waals surface area (Å²) in [5.74, 6) is 1.00. The van der Waals surface area contributed by atoms with Crippen LogP contribution in [-0.4, -0.2) is 30.7 Å². The number of methoxy groups -OCH3 is 1. The summed E-state index contributed by atoms with van der Waals surface area (Å²) < 4.78 is 7.20. The molecule has 0 fully saturated rings. The van der Waals surface area contributed by atoms with Crippen molar-refractivity contribution in [1.29, 1.82) is 0 Å². The van der Waals surface area contributed by atoms with E-state index in [2.05, 4.69) is 18.4 Å². The molecule has 2 nitrogen and oxygen atoms in total. The van der Waals surface area contributed by atoms with Gasteiger partial charge in [0.25, 0.3) is 0 Å². The first-order valence-corrected chi connectivity index (χ1v) is 3.38. The van der Waals surface area contributed by atoms with E-state index in [-0.39, 0.29) is 0 Å². The third-order valence-electron chi connectivity index (χ3n) is 1.50. The fourth-order valence-electron chi connectivity index (χ4n) is 0.798. The molecule has 0 aliphatic carbocycles. The van der Waals surface area contributed by atoms with Crippen LogP contribution in [0.2, 0.25) is 0 Å². The van der Waals surface area contributed by atoms with Crippen LogP contribution in [0, 0.1) is 0 Å². The number of rotatable bonds is 2. The summed E-state index contributed by atoms with van der Waals surface area (Å²) in [4.78, 5) is 0. The molecule has 0 heterocycles. The Labute approximate surface area is 57.1 Å². The van der Waals surface area contributed by atoms with Crippen molar-refractivity contribution in [3.8, 4) is 0 Å². The normalized spacial score (nSPS) is 8.89. The van der Waals surface area contributed by atoms with E-state index < -0.39 is 0 Å². The predicted octanol–water partition coefficient (Wildman–Crippen LogP) is 1.10. The van der Waals surface area contributed by atoms with Gasteiger partial charge in [0.05, 0.1) is 14.0 Å². The molecule has 2 heteroatoms. The molecular formula is C7H16NO+. The fraction of sp³-hybridized carbons (Fsp3) is 0.857. The van der Waals surface area contributed by atoms with E-state index in [0.29, 0.717) is 0 Å². The minimum absolute atomic E-state index is 1.00. The molecule has 0 saturated carbocycles. The summed E-state index contributed by atoms with van der Waals surface area (Å²) in [6.45, 7) is 8.26. The Kier molecular flexibility index (Phi) is 4.10. The molecule has 9 heavy (non-hydrogen) atoms. The Morgan fingerprint density at radius 2 is 1.78 bits per heavy atom. The first-order chi connectivity index (χ1) is 4.26. The van der Waals surface area contributed by atoms with Gasteiger partial charge in [0.15, 0.2) is 0 Å². The van der Waals surface area contributed by atoms with E-state index in [0.717, 1.165) is 19.0 Å². The lowest BCUT2D eigenvalue weighted by atomic mass is 10.6. The van der Waals surface area contributed by atoms with Crippen molar-refractivity contribution in [2.24, 2.45) is 0 Å². The summed E-state index contributed by atoms with van der Waals surface area (Å²) in [6.07, 6.45) is 0. The minimum atomic E-state index is 1.00. The predicted molar refractivity (Wildman–Crippen MR) is 39.0 cm³/mol. The van der Waals surface area contributed by atoms with Gasteiger partial charge < -0.3 is 4.74 Å². The molecule has 0 aliphatic heterocycles. The van der Waals surface area contributed by atoms with Crippen molar-refractivity contribution in [3.63, 3.8) is 0 Å². The second-order valence-electron chi connectivity index (χ2n) is 1.90. The van der Waals surface area contributed by atoms with Crippen LogP contribution in [0.4, 0.5) is 0 Å². The Balaban J connectivity index is 4.01. The summed E-state index contributed by atoms with van der Waals surface area (Å²) >= 11 is 0. The van der Waals surface area contributed by atoms with E-state index in [1.165, 1.54) is 0 Å². The van der Waals surface area contributed by atoms with Crippen LogP contribution >= 0.6 is 0 Å². The van der Waals surface area contributed by atoms with Crippen molar-refractivity contribution in [2.75, 3.05) is 20.2 Å². The quantitative estimate of drug-likeness (QED) is 0.310. The second-order valence-corrected chi connectivity index (χ2v) is 1.90. The summed E-state index contributed by atoms with van der Waals surface area (Å²) in [5, 5.41) is 0. The summed E-state index contributed by atoms with van der Waals surface area (Å²) in [6, 6.07) is 0. The molecule has 0 aromatic carbocycles. The number of nitrogens with zero attached hydrogens (tertiary/aromatic N) is 1. The van der Waals surface area contributed by atoms with E-state index in [1.54, 1.807) is 7.11 Å². The fourth-order valence-corrected chi connectivity index (χ4v) is 0.798. The molecule has 0 N–H and O–H groups in total. The van der Waals surface area contributed by atoms with E-state index >= 15 is 0 Å². The highest BCUT2D eigenvalue weighted by Gasteiger charge is 2.02. The highest BCUT2D eigenvalue weighted by Crippen LogP contribution is 1.80. The van der Waals surface area contributed by atoms with Gasteiger partial charge in [-0.25, -0.2) is 4.58 Å². The highest BCUT2D eigenvalue weighted by molar-refractivity contribution is 5.67. The third kappa shape index (κ3) is 2.49. The van der Waals surface area contributed by atoms with Crippen LogP contribution in [0.5, 0.6) is 0 Å². The van der Waals surface area contributed by atoms with E-state index in [9.17, 15) is 0 Å². The SMILES string of the molecule is CC[N+](CC)=C(C)OC. The monoisotopic (exact) mass is 130 g/mol. The van der Waals surface area contributed by atoms with Gasteiger partial charge in [-0.2, -0.15) is 0 Å². The zero-order valence-corrected chi connectivity index (χ0v) is 6.77. The topological polar surface area (TPSA) is 12.2 Å². The zero-order valence-electron chi connectivity index (χ0n) is 6.77. The highest BCUT2D eigenvalue weighted by atomic mass is 16.5. The Bertz CT molecular complexity index is 101. The maximum atomic E-state index is 5.04. The molecule has 54 valence electrons. The molecular weight excluding hydrogens is 114 g/mol. The van der Waals surface area contributed by atoms with Crippen LogP contribution in [0.15, 0.2) is 0 Å². The molecule has 0 spiro atoms. The summed E-state index contributed by atoms with van der Waals surface area (Å²) in [7, 11) is 1.70. The smallest absolute Gasteiger partial charge is 0.332 e. The van der Waals surface area contributed by atoms with Gasteiger partial charge >= 0.3 is 5.90 Å². The standard InChI is InChI=1S/C7H16NO/c1-5-8(6-2)7(3)9-4/h5-6H2,1-4H3/q+1. The molecule has 0 aromatic rings. The Morgan fingerprint density at radius 1 is 1.33 bits per heavy atom. The minimum Gasteiger partial charge on any atom is -0.452 e. The molecule has 0 unspecified atom stereocenters. The van der Waals surface area contributed by atoms with Crippen LogP contribution < -0.4 is 0 Å². The molecule has 0 bridgehead atoms. The van der Waals surface area contributed by atoms with Crippen LogP contribution in [0.3, 0.4) is 0 Å². The molecule has 0 rings (SSSR count). The molecule has 0 saturated heterocycles. The van der Waals surface area contributed by atoms with Gasteiger partial charge in [0.1, 0.15) is 13.1 Å². The van der Waals surface area contributed by atoms with E-state index in [1.807, 2.05) is 6.92 Å². The first kappa shape index (κ1) is 8.47. The van der Waals surface area contributed by atoms with Crippen molar-refractivity contribution in [2.45, 2.75) is 20.8 Å². The number of ether oxygens (including phenoxy) is 1. The maximum absolute atomic E-state index is 5.04. The molecule has 0 radical (unpaired) electrons.